The van der Waals surface area contributed by atoms with E-state index in [-0.39, 0.29) is 5.91 Å². The van der Waals surface area contributed by atoms with Gasteiger partial charge in [-0.1, -0.05) is 42.5 Å². The van der Waals surface area contributed by atoms with Crippen LogP contribution in [-0.2, 0) is 17.0 Å². The number of hydrogen-bond acceptors (Lipinski definition) is 3. The number of rotatable bonds is 6. The van der Waals surface area contributed by atoms with Gasteiger partial charge in [-0.25, -0.2) is 0 Å². The molecule has 2 rings (SSSR count). The van der Waals surface area contributed by atoms with Gasteiger partial charge in [-0.3, -0.25) is 4.79 Å². The second kappa shape index (κ2) is 8.13. The Morgan fingerprint density at radius 3 is 2.43 bits per heavy atom. The number of carbonyl (C=O) groups excluding carboxylic acids is 1. The average molecular weight is 296 g/mol. The van der Waals surface area contributed by atoms with E-state index >= 15 is 0 Å². The van der Waals surface area contributed by atoms with Crippen LogP contribution in [0.1, 0.15) is 11.1 Å². The van der Waals surface area contributed by atoms with Crippen LogP contribution in [0.2, 0.25) is 0 Å². The molecule has 3 nitrogen and oxygen atoms in total. The SMILES string of the molecule is N#CCc1ccc(NC(=O)CSCc2ccccc2)cc1. The summed E-state index contributed by atoms with van der Waals surface area (Å²) in [6.07, 6.45) is 0.390. The van der Waals surface area contributed by atoms with E-state index in [1.165, 1.54) is 5.56 Å². The van der Waals surface area contributed by atoms with Gasteiger partial charge >= 0.3 is 0 Å². The molecule has 0 unspecified atom stereocenters. The summed E-state index contributed by atoms with van der Waals surface area (Å²) in [5, 5.41) is 11.5. The lowest BCUT2D eigenvalue weighted by Crippen LogP contribution is -2.14. The number of benzene rings is 2. The molecule has 0 radical (unpaired) electrons. The minimum absolute atomic E-state index is 0.0102. The first kappa shape index (κ1) is 15.1. The third-order valence-electron chi connectivity index (χ3n) is 2.87. The topological polar surface area (TPSA) is 52.9 Å². The van der Waals surface area contributed by atoms with Crippen molar-refractivity contribution < 1.29 is 4.79 Å². The molecule has 0 aliphatic heterocycles. The Morgan fingerprint density at radius 2 is 1.76 bits per heavy atom. The second-order valence-corrected chi connectivity index (χ2v) is 5.54. The molecule has 0 atom stereocenters. The highest BCUT2D eigenvalue weighted by Crippen LogP contribution is 2.13. The molecule has 106 valence electrons. The third-order valence-corrected chi connectivity index (χ3v) is 3.87. The van der Waals surface area contributed by atoms with E-state index in [2.05, 4.69) is 23.5 Å². The van der Waals surface area contributed by atoms with Crippen LogP contribution in [0.3, 0.4) is 0 Å². The predicted octanol–water partition coefficient (Wildman–Crippen LogP) is 3.62. The van der Waals surface area contributed by atoms with Gasteiger partial charge < -0.3 is 5.32 Å². The van der Waals surface area contributed by atoms with Crippen LogP contribution in [0.5, 0.6) is 0 Å². The molecule has 2 aromatic carbocycles. The highest BCUT2D eigenvalue weighted by atomic mass is 32.2. The summed E-state index contributed by atoms with van der Waals surface area (Å²) in [6, 6.07) is 19.6. The van der Waals surface area contributed by atoms with Crippen LogP contribution >= 0.6 is 11.8 Å². The van der Waals surface area contributed by atoms with Crippen molar-refractivity contribution in [3.63, 3.8) is 0 Å². The van der Waals surface area contributed by atoms with Gasteiger partial charge in [0.05, 0.1) is 18.2 Å². The van der Waals surface area contributed by atoms with Crippen molar-refractivity contribution in [1.29, 1.82) is 5.26 Å². The normalized spacial score (nSPS) is 9.86. The number of amides is 1. The van der Waals surface area contributed by atoms with Crippen molar-refractivity contribution in [1.82, 2.24) is 0 Å². The summed E-state index contributed by atoms with van der Waals surface area (Å²) < 4.78 is 0. The molecule has 4 heteroatoms. The molecule has 0 spiro atoms. The monoisotopic (exact) mass is 296 g/mol. The fourth-order valence-electron chi connectivity index (χ4n) is 1.83. The molecular weight excluding hydrogens is 280 g/mol. The summed E-state index contributed by atoms with van der Waals surface area (Å²) in [5.74, 6) is 1.24. The number of carbonyl (C=O) groups is 1. The van der Waals surface area contributed by atoms with Crippen LogP contribution in [-0.4, -0.2) is 11.7 Å². The van der Waals surface area contributed by atoms with Crippen LogP contribution in [0, 0.1) is 11.3 Å². The van der Waals surface area contributed by atoms with E-state index in [0.29, 0.717) is 12.2 Å². The Hall–Kier alpha value is -2.25. The molecule has 1 N–H and O–H groups in total. The highest BCUT2D eigenvalue weighted by Gasteiger charge is 2.03. The molecule has 0 saturated heterocycles. The van der Waals surface area contributed by atoms with Crippen LogP contribution < -0.4 is 5.32 Å². The first-order valence-corrected chi connectivity index (χ1v) is 7.81. The summed E-state index contributed by atoms with van der Waals surface area (Å²) >= 11 is 1.59. The van der Waals surface area contributed by atoms with Gasteiger partial charge in [0.15, 0.2) is 0 Å². The fraction of sp³-hybridized carbons (Fsp3) is 0.176. The van der Waals surface area contributed by atoms with Crippen LogP contribution in [0.4, 0.5) is 5.69 Å². The summed E-state index contributed by atoms with van der Waals surface area (Å²) in [4.78, 5) is 11.8. The Balaban J connectivity index is 1.75. The molecule has 21 heavy (non-hydrogen) atoms. The van der Waals surface area contributed by atoms with E-state index in [1.807, 2.05) is 42.5 Å². The van der Waals surface area contributed by atoms with E-state index < -0.39 is 0 Å². The number of nitrogens with one attached hydrogen (secondary N) is 1. The molecule has 2 aromatic rings. The molecule has 0 heterocycles. The van der Waals surface area contributed by atoms with E-state index in [0.717, 1.165) is 17.0 Å². The van der Waals surface area contributed by atoms with Crippen LogP contribution in [0.25, 0.3) is 0 Å². The van der Waals surface area contributed by atoms with Crippen molar-refractivity contribution in [2.75, 3.05) is 11.1 Å². The molecule has 0 aliphatic rings. The second-order valence-electron chi connectivity index (χ2n) is 4.56. The third kappa shape index (κ3) is 5.33. The molecule has 0 fully saturated rings. The molecule has 0 aromatic heterocycles. The summed E-state index contributed by atoms with van der Waals surface area (Å²) in [5.41, 5.74) is 2.94. The van der Waals surface area contributed by atoms with E-state index in [1.54, 1.807) is 11.8 Å². The van der Waals surface area contributed by atoms with E-state index in [4.69, 9.17) is 5.26 Å². The zero-order valence-corrected chi connectivity index (χ0v) is 12.4. The van der Waals surface area contributed by atoms with Crippen LogP contribution in [0.15, 0.2) is 54.6 Å². The van der Waals surface area contributed by atoms with Crippen molar-refractivity contribution in [3.8, 4) is 6.07 Å². The molecule has 0 aliphatic carbocycles. The van der Waals surface area contributed by atoms with E-state index in [9.17, 15) is 4.79 Å². The lowest BCUT2D eigenvalue weighted by atomic mass is 10.1. The number of nitrogens with zero attached hydrogens (tertiary/aromatic N) is 1. The number of hydrogen-bond donors (Lipinski definition) is 1. The Labute approximate surface area is 129 Å². The lowest BCUT2D eigenvalue weighted by Gasteiger charge is -2.06. The van der Waals surface area contributed by atoms with Crippen molar-refractivity contribution in [2.24, 2.45) is 0 Å². The minimum atomic E-state index is -0.0102. The Morgan fingerprint density at radius 1 is 1.05 bits per heavy atom. The van der Waals surface area contributed by atoms with Gasteiger partial charge in [-0.15, -0.1) is 11.8 Å². The van der Waals surface area contributed by atoms with Gasteiger partial charge in [0.2, 0.25) is 5.91 Å². The smallest absolute Gasteiger partial charge is 0.234 e. The predicted molar refractivity (Wildman–Crippen MR) is 87.0 cm³/mol. The quantitative estimate of drug-likeness (QED) is 0.885. The largest absolute Gasteiger partial charge is 0.325 e. The van der Waals surface area contributed by atoms with Gasteiger partial charge in [0.25, 0.3) is 0 Å². The number of thioether (sulfide) groups is 1. The maximum atomic E-state index is 11.8. The van der Waals surface area contributed by atoms with Crippen molar-refractivity contribution in [3.05, 3.63) is 65.7 Å². The average Bonchev–Trinajstić information content (AvgIpc) is 2.51. The highest BCUT2D eigenvalue weighted by molar-refractivity contribution is 7.99. The van der Waals surface area contributed by atoms with Crippen molar-refractivity contribution in [2.45, 2.75) is 12.2 Å². The first-order valence-electron chi connectivity index (χ1n) is 6.65. The Kier molecular flexibility index (Phi) is 5.86. The maximum absolute atomic E-state index is 11.8. The zero-order valence-electron chi connectivity index (χ0n) is 11.6. The first-order chi connectivity index (χ1) is 10.3. The van der Waals surface area contributed by atoms with Gasteiger partial charge in [0, 0.05) is 11.4 Å². The van der Waals surface area contributed by atoms with Gasteiger partial charge in [-0.05, 0) is 23.3 Å². The molecule has 1 amide bonds. The lowest BCUT2D eigenvalue weighted by molar-refractivity contribution is -0.113. The van der Waals surface area contributed by atoms with Gasteiger partial charge in [0.1, 0.15) is 0 Å². The fourth-order valence-corrected chi connectivity index (χ4v) is 2.62. The number of anilines is 1. The molecule has 0 saturated carbocycles. The molecular formula is C17H16N2OS. The number of nitriles is 1. The standard InChI is InChI=1S/C17H16N2OS/c18-11-10-14-6-8-16(9-7-14)19-17(20)13-21-12-15-4-2-1-3-5-15/h1-9H,10,12-13H2,(H,19,20). The maximum Gasteiger partial charge on any atom is 0.234 e. The zero-order chi connectivity index (χ0) is 14.9. The molecule has 0 bridgehead atoms. The Bertz CT molecular complexity index is 617. The summed E-state index contributed by atoms with van der Waals surface area (Å²) in [6.45, 7) is 0. The van der Waals surface area contributed by atoms with Crippen molar-refractivity contribution >= 4 is 23.4 Å². The summed E-state index contributed by atoms with van der Waals surface area (Å²) in [7, 11) is 0. The van der Waals surface area contributed by atoms with Gasteiger partial charge in [-0.2, -0.15) is 5.26 Å². The minimum Gasteiger partial charge on any atom is -0.325 e.